The fraction of sp³-hybridized carbons (Fsp3) is 0.182. The molecule has 0 spiro atoms. The lowest BCUT2D eigenvalue weighted by Gasteiger charge is -2.08. The standard InChI is InChI=1S/C11H7F3N2O/c1-16-8-5-3-2-4-7(8)9(15-6-17)10(16)11(12,13)14/h2-5H,1H3. The van der Waals surface area contributed by atoms with E-state index >= 15 is 0 Å². The number of hydrogen-bond donors (Lipinski definition) is 0. The molecule has 0 atom stereocenters. The molecule has 0 aliphatic heterocycles. The highest BCUT2D eigenvalue weighted by Crippen LogP contribution is 2.42. The van der Waals surface area contributed by atoms with Crippen LogP contribution in [0.3, 0.4) is 0 Å². The number of hydrogen-bond acceptors (Lipinski definition) is 2. The molecule has 2 aromatic rings. The summed E-state index contributed by atoms with van der Waals surface area (Å²) in [6.45, 7) is 0. The topological polar surface area (TPSA) is 34.4 Å². The molecule has 1 aromatic carbocycles. The molecular formula is C11H7F3N2O. The Morgan fingerprint density at radius 3 is 2.53 bits per heavy atom. The molecule has 2 rings (SSSR count). The lowest BCUT2D eigenvalue weighted by atomic mass is 10.2. The maximum Gasteiger partial charge on any atom is 0.433 e. The summed E-state index contributed by atoms with van der Waals surface area (Å²) >= 11 is 0. The number of alkyl halides is 3. The zero-order valence-electron chi connectivity index (χ0n) is 8.75. The largest absolute Gasteiger partial charge is 0.433 e. The fourth-order valence-electron chi connectivity index (χ4n) is 1.86. The Kier molecular flexibility index (Phi) is 2.52. The normalized spacial score (nSPS) is 11.5. The van der Waals surface area contributed by atoms with Crippen molar-refractivity contribution in [2.75, 3.05) is 0 Å². The predicted molar refractivity (Wildman–Crippen MR) is 55.7 cm³/mol. The Balaban J connectivity index is 2.95. The van der Waals surface area contributed by atoms with E-state index in [1.165, 1.54) is 19.2 Å². The molecule has 0 saturated heterocycles. The second-order valence-electron chi connectivity index (χ2n) is 3.47. The van der Waals surface area contributed by atoms with E-state index in [2.05, 4.69) is 4.99 Å². The van der Waals surface area contributed by atoms with Gasteiger partial charge in [-0.1, -0.05) is 18.2 Å². The van der Waals surface area contributed by atoms with E-state index in [1.807, 2.05) is 0 Å². The smallest absolute Gasteiger partial charge is 0.338 e. The van der Waals surface area contributed by atoms with Crippen molar-refractivity contribution in [1.82, 2.24) is 4.57 Å². The molecule has 0 unspecified atom stereocenters. The van der Waals surface area contributed by atoms with Gasteiger partial charge in [0.15, 0.2) is 5.69 Å². The first-order chi connectivity index (χ1) is 7.96. The molecule has 0 saturated carbocycles. The molecule has 17 heavy (non-hydrogen) atoms. The number of aliphatic imine (C=N–C) groups is 1. The van der Waals surface area contributed by atoms with E-state index in [0.717, 1.165) is 10.6 Å². The number of carbonyl (C=O) groups excluding carboxylic acids is 1. The molecule has 0 radical (unpaired) electrons. The Hall–Kier alpha value is -2.07. The summed E-state index contributed by atoms with van der Waals surface area (Å²) < 4.78 is 39.6. The predicted octanol–water partition coefficient (Wildman–Crippen LogP) is 3.16. The third kappa shape index (κ3) is 1.72. The van der Waals surface area contributed by atoms with Gasteiger partial charge in [-0.15, -0.1) is 0 Å². The summed E-state index contributed by atoms with van der Waals surface area (Å²) in [6.07, 6.45) is -3.40. The van der Waals surface area contributed by atoms with E-state index in [-0.39, 0.29) is 11.1 Å². The number of aromatic nitrogens is 1. The van der Waals surface area contributed by atoms with Crippen molar-refractivity contribution in [2.24, 2.45) is 12.0 Å². The highest BCUT2D eigenvalue weighted by molar-refractivity contribution is 5.94. The van der Waals surface area contributed by atoms with Crippen LogP contribution in [-0.4, -0.2) is 10.6 Å². The van der Waals surface area contributed by atoms with Gasteiger partial charge in [-0.05, 0) is 6.07 Å². The zero-order valence-corrected chi connectivity index (χ0v) is 8.75. The monoisotopic (exact) mass is 240 g/mol. The molecule has 1 aromatic heterocycles. The first-order valence-electron chi connectivity index (χ1n) is 4.69. The molecule has 0 aliphatic rings. The van der Waals surface area contributed by atoms with Crippen molar-refractivity contribution >= 4 is 22.7 Å². The molecule has 0 amide bonds. The van der Waals surface area contributed by atoms with Crippen molar-refractivity contribution < 1.29 is 18.0 Å². The van der Waals surface area contributed by atoms with Gasteiger partial charge < -0.3 is 4.57 Å². The SMILES string of the molecule is Cn1c(C(F)(F)F)c(N=C=O)c2ccccc21. The molecule has 6 heteroatoms. The number of fused-ring (bicyclic) bond motifs is 1. The second-order valence-corrected chi connectivity index (χ2v) is 3.47. The van der Waals surface area contributed by atoms with E-state index in [0.29, 0.717) is 5.52 Å². The molecule has 3 nitrogen and oxygen atoms in total. The van der Waals surface area contributed by atoms with Crippen LogP contribution in [0.5, 0.6) is 0 Å². The number of aryl methyl sites for hydroxylation is 1. The van der Waals surface area contributed by atoms with Crippen LogP contribution in [0.1, 0.15) is 5.69 Å². The maximum atomic E-state index is 12.9. The van der Waals surface area contributed by atoms with Crippen molar-refractivity contribution in [1.29, 1.82) is 0 Å². The van der Waals surface area contributed by atoms with Crippen LogP contribution in [0.25, 0.3) is 10.9 Å². The van der Waals surface area contributed by atoms with Crippen LogP contribution < -0.4 is 0 Å². The molecule has 0 bridgehead atoms. The van der Waals surface area contributed by atoms with Gasteiger partial charge in [-0.25, -0.2) is 4.79 Å². The van der Waals surface area contributed by atoms with Crippen LogP contribution in [0.4, 0.5) is 18.9 Å². The number of halogens is 3. The minimum absolute atomic E-state index is 0.283. The summed E-state index contributed by atoms with van der Waals surface area (Å²) in [7, 11) is 1.29. The minimum Gasteiger partial charge on any atom is -0.338 e. The van der Waals surface area contributed by atoms with E-state index < -0.39 is 11.9 Å². The van der Waals surface area contributed by atoms with Gasteiger partial charge in [0.25, 0.3) is 0 Å². The summed E-state index contributed by atoms with van der Waals surface area (Å²) in [6, 6.07) is 6.23. The lowest BCUT2D eigenvalue weighted by molar-refractivity contribution is -0.142. The number of nitrogens with zero attached hydrogens (tertiary/aromatic N) is 2. The van der Waals surface area contributed by atoms with Crippen LogP contribution in [0, 0.1) is 0 Å². The van der Waals surface area contributed by atoms with Gasteiger partial charge in [0.1, 0.15) is 5.69 Å². The van der Waals surface area contributed by atoms with Crippen LogP contribution >= 0.6 is 0 Å². The number of rotatable bonds is 1. The summed E-state index contributed by atoms with van der Waals surface area (Å²) in [5, 5.41) is 0.283. The first-order valence-corrected chi connectivity index (χ1v) is 4.69. The van der Waals surface area contributed by atoms with E-state index in [4.69, 9.17) is 0 Å². The Morgan fingerprint density at radius 2 is 1.94 bits per heavy atom. The number of benzene rings is 1. The van der Waals surface area contributed by atoms with E-state index in [9.17, 15) is 18.0 Å². The maximum absolute atomic E-state index is 12.9. The lowest BCUT2D eigenvalue weighted by Crippen LogP contribution is -2.11. The third-order valence-electron chi connectivity index (χ3n) is 2.51. The summed E-state index contributed by atoms with van der Waals surface area (Å²) in [5.41, 5.74) is -0.957. The molecule has 0 N–H and O–H groups in total. The van der Waals surface area contributed by atoms with Gasteiger partial charge >= 0.3 is 6.18 Å². The first kappa shape index (κ1) is 11.4. The highest BCUT2D eigenvalue weighted by Gasteiger charge is 2.38. The van der Waals surface area contributed by atoms with Gasteiger partial charge in [-0.3, -0.25) is 0 Å². The van der Waals surface area contributed by atoms with E-state index in [1.54, 1.807) is 12.1 Å². The van der Waals surface area contributed by atoms with Crippen LogP contribution in [0.2, 0.25) is 0 Å². The molecule has 0 aliphatic carbocycles. The Bertz CT molecular complexity index is 621. The minimum atomic E-state index is -4.57. The van der Waals surface area contributed by atoms with Crippen molar-refractivity contribution in [3.63, 3.8) is 0 Å². The fourth-order valence-corrected chi connectivity index (χ4v) is 1.86. The zero-order chi connectivity index (χ0) is 12.6. The average molecular weight is 240 g/mol. The molecule has 88 valence electrons. The quantitative estimate of drug-likeness (QED) is 0.556. The summed E-state index contributed by atoms with van der Waals surface area (Å²) in [4.78, 5) is 13.4. The van der Waals surface area contributed by atoms with Crippen molar-refractivity contribution in [3.8, 4) is 0 Å². The van der Waals surface area contributed by atoms with Gasteiger partial charge in [-0.2, -0.15) is 18.2 Å². The summed E-state index contributed by atoms with van der Waals surface area (Å²) in [5.74, 6) is 0. The Morgan fingerprint density at radius 1 is 1.29 bits per heavy atom. The van der Waals surface area contributed by atoms with Gasteiger partial charge in [0, 0.05) is 12.4 Å². The van der Waals surface area contributed by atoms with Crippen molar-refractivity contribution in [2.45, 2.75) is 6.18 Å². The Labute approximate surface area is 94.2 Å². The van der Waals surface area contributed by atoms with Crippen LogP contribution in [0.15, 0.2) is 29.3 Å². The molecule has 0 fully saturated rings. The van der Waals surface area contributed by atoms with Crippen LogP contribution in [-0.2, 0) is 18.0 Å². The number of para-hydroxylation sites is 1. The third-order valence-corrected chi connectivity index (χ3v) is 2.51. The van der Waals surface area contributed by atoms with Gasteiger partial charge in [0.2, 0.25) is 6.08 Å². The highest BCUT2D eigenvalue weighted by atomic mass is 19.4. The number of isocyanates is 1. The molecule has 1 heterocycles. The second kappa shape index (κ2) is 3.75. The average Bonchev–Trinajstić information content (AvgIpc) is 2.53. The van der Waals surface area contributed by atoms with Gasteiger partial charge in [0.05, 0.1) is 5.52 Å². The molecular weight excluding hydrogens is 233 g/mol. The van der Waals surface area contributed by atoms with Crippen molar-refractivity contribution in [3.05, 3.63) is 30.0 Å².